The van der Waals surface area contributed by atoms with E-state index in [9.17, 15) is 4.79 Å². The SMILES string of the molecule is CCCCCc1ccc(CCCOC(=O)OC)c(CCCCC)c1. The van der Waals surface area contributed by atoms with E-state index in [1.165, 1.54) is 68.7 Å². The molecule has 0 fully saturated rings. The third-order valence-corrected chi connectivity index (χ3v) is 4.37. The number of aryl methyl sites for hydroxylation is 3. The van der Waals surface area contributed by atoms with Crippen molar-refractivity contribution in [3.63, 3.8) is 0 Å². The van der Waals surface area contributed by atoms with Crippen molar-refractivity contribution in [1.29, 1.82) is 0 Å². The molecule has 0 spiro atoms. The first-order valence-corrected chi connectivity index (χ1v) is 9.52. The second-order valence-electron chi connectivity index (χ2n) is 6.42. The molecule has 0 aliphatic rings. The molecule has 136 valence electrons. The van der Waals surface area contributed by atoms with Crippen LogP contribution in [0.1, 0.15) is 75.5 Å². The number of carbonyl (C=O) groups excluding carboxylic acids is 1. The Hall–Kier alpha value is -1.51. The maximum Gasteiger partial charge on any atom is 0.507 e. The van der Waals surface area contributed by atoms with Gasteiger partial charge >= 0.3 is 6.16 Å². The summed E-state index contributed by atoms with van der Waals surface area (Å²) in [5.41, 5.74) is 4.35. The Morgan fingerprint density at radius 2 is 1.54 bits per heavy atom. The van der Waals surface area contributed by atoms with Gasteiger partial charge in [-0.05, 0) is 55.2 Å². The van der Waals surface area contributed by atoms with Gasteiger partial charge in [0.1, 0.15) is 0 Å². The number of ether oxygens (including phenoxy) is 2. The summed E-state index contributed by atoms with van der Waals surface area (Å²) >= 11 is 0. The minimum absolute atomic E-state index is 0.416. The molecule has 1 aromatic rings. The highest BCUT2D eigenvalue weighted by molar-refractivity contribution is 5.59. The van der Waals surface area contributed by atoms with E-state index in [2.05, 4.69) is 36.8 Å². The molecule has 0 aliphatic heterocycles. The van der Waals surface area contributed by atoms with Gasteiger partial charge in [-0.1, -0.05) is 57.7 Å². The van der Waals surface area contributed by atoms with Gasteiger partial charge < -0.3 is 9.47 Å². The summed E-state index contributed by atoms with van der Waals surface area (Å²) in [5.74, 6) is 0. The van der Waals surface area contributed by atoms with E-state index in [0.717, 1.165) is 19.3 Å². The summed E-state index contributed by atoms with van der Waals surface area (Å²) in [6, 6.07) is 6.96. The number of methoxy groups -OCH3 is 1. The van der Waals surface area contributed by atoms with Crippen molar-refractivity contribution in [1.82, 2.24) is 0 Å². The lowest BCUT2D eigenvalue weighted by Crippen LogP contribution is -2.07. The Morgan fingerprint density at radius 3 is 2.21 bits per heavy atom. The predicted octanol–water partition coefficient (Wildman–Crippen LogP) is 5.87. The average Bonchev–Trinajstić information content (AvgIpc) is 2.60. The van der Waals surface area contributed by atoms with Crippen LogP contribution in [-0.2, 0) is 28.7 Å². The first kappa shape index (κ1) is 20.5. The third kappa shape index (κ3) is 8.37. The van der Waals surface area contributed by atoms with E-state index >= 15 is 0 Å². The van der Waals surface area contributed by atoms with E-state index in [1.807, 2.05) is 0 Å². The molecule has 0 aliphatic carbocycles. The first-order valence-electron chi connectivity index (χ1n) is 9.52. The van der Waals surface area contributed by atoms with Crippen LogP contribution in [0.2, 0.25) is 0 Å². The number of hydrogen-bond acceptors (Lipinski definition) is 3. The zero-order valence-corrected chi connectivity index (χ0v) is 15.7. The topological polar surface area (TPSA) is 35.5 Å². The van der Waals surface area contributed by atoms with Crippen LogP contribution in [0.3, 0.4) is 0 Å². The lowest BCUT2D eigenvalue weighted by atomic mass is 9.94. The molecule has 1 aromatic carbocycles. The van der Waals surface area contributed by atoms with Crippen molar-refractivity contribution in [3.8, 4) is 0 Å². The van der Waals surface area contributed by atoms with Crippen LogP contribution in [0.15, 0.2) is 18.2 Å². The van der Waals surface area contributed by atoms with Crippen LogP contribution in [-0.4, -0.2) is 19.9 Å². The quantitative estimate of drug-likeness (QED) is 0.354. The Morgan fingerprint density at radius 1 is 0.875 bits per heavy atom. The van der Waals surface area contributed by atoms with E-state index in [0.29, 0.717) is 6.61 Å². The number of rotatable bonds is 12. The molecule has 0 bridgehead atoms. The molecule has 0 saturated heterocycles. The molecule has 1 rings (SSSR count). The second-order valence-corrected chi connectivity index (χ2v) is 6.42. The zero-order valence-electron chi connectivity index (χ0n) is 15.7. The minimum atomic E-state index is -0.593. The van der Waals surface area contributed by atoms with Gasteiger partial charge in [0.2, 0.25) is 0 Å². The van der Waals surface area contributed by atoms with Gasteiger partial charge in [0, 0.05) is 0 Å². The van der Waals surface area contributed by atoms with E-state index in [4.69, 9.17) is 4.74 Å². The van der Waals surface area contributed by atoms with E-state index in [1.54, 1.807) is 0 Å². The molecule has 24 heavy (non-hydrogen) atoms. The highest BCUT2D eigenvalue weighted by Crippen LogP contribution is 2.19. The summed E-state index contributed by atoms with van der Waals surface area (Å²) in [6.07, 6.45) is 11.2. The van der Waals surface area contributed by atoms with E-state index < -0.39 is 6.16 Å². The van der Waals surface area contributed by atoms with Crippen molar-refractivity contribution < 1.29 is 14.3 Å². The van der Waals surface area contributed by atoms with Crippen LogP contribution >= 0.6 is 0 Å². The Balaban J connectivity index is 2.60. The third-order valence-electron chi connectivity index (χ3n) is 4.37. The summed E-state index contributed by atoms with van der Waals surface area (Å²) in [7, 11) is 1.34. The van der Waals surface area contributed by atoms with Crippen molar-refractivity contribution in [2.75, 3.05) is 13.7 Å². The fourth-order valence-corrected chi connectivity index (χ4v) is 2.93. The summed E-state index contributed by atoms with van der Waals surface area (Å²) in [4.78, 5) is 11.0. The molecular weight excluding hydrogens is 300 g/mol. The molecule has 0 radical (unpaired) electrons. The lowest BCUT2D eigenvalue weighted by molar-refractivity contribution is 0.0719. The summed E-state index contributed by atoms with van der Waals surface area (Å²) < 4.78 is 9.47. The van der Waals surface area contributed by atoms with Crippen molar-refractivity contribution in [2.45, 2.75) is 78.1 Å². The molecular formula is C21H34O3. The van der Waals surface area contributed by atoms with Gasteiger partial charge in [-0.15, -0.1) is 0 Å². The van der Waals surface area contributed by atoms with Crippen LogP contribution in [0, 0.1) is 0 Å². The molecule has 0 saturated carbocycles. The maximum absolute atomic E-state index is 11.0. The first-order chi connectivity index (χ1) is 11.7. The van der Waals surface area contributed by atoms with Gasteiger partial charge in [-0.3, -0.25) is 0 Å². The molecule has 0 N–H and O–H groups in total. The van der Waals surface area contributed by atoms with E-state index in [-0.39, 0.29) is 0 Å². The van der Waals surface area contributed by atoms with Gasteiger partial charge in [0.05, 0.1) is 13.7 Å². The van der Waals surface area contributed by atoms with Crippen molar-refractivity contribution in [2.24, 2.45) is 0 Å². The van der Waals surface area contributed by atoms with Gasteiger partial charge in [0.25, 0.3) is 0 Å². The van der Waals surface area contributed by atoms with Gasteiger partial charge in [-0.2, -0.15) is 0 Å². The number of carbonyl (C=O) groups is 1. The number of unbranched alkanes of at least 4 members (excludes halogenated alkanes) is 4. The van der Waals surface area contributed by atoms with Crippen LogP contribution in [0.4, 0.5) is 4.79 Å². The Labute approximate surface area is 147 Å². The molecule has 0 atom stereocenters. The zero-order chi connectivity index (χ0) is 17.6. The predicted molar refractivity (Wildman–Crippen MR) is 99.6 cm³/mol. The molecule has 3 nitrogen and oxygen atoms in total. The van der Waals surface area contributed by atoms with Crippen LogP contribution in [0.5, 0.6) is 0 Å². The Kier molecular flexibility index (Phi) is 11.0. The normalized spacial score (nSPS) is 10.6. The van der Waals surface area contributed by atoms with Crippen LogP contribution in [0.25, 0.3) is 0 Å². The molecule has 3 heteroatoms. The highest BCUT2D eigenvalue weighted by atomic mass is 16.7. The highest BCUT2D eigenvalue weighted by Gasteiger charge is 2.06. The molecule has 0 amide bonds. The Bertz CT molecular complexity index is 468. The fraction of sp³-hybridized carbons (Fsp3) is 0.667. The molecule has 0 aromatic heterocycles. The van der Waals surface area contributed by atoms with Crippen molar-refractivity contribution >= 4 is 6.16 Å². The number of benzene rings is 1. The monoisotopic (exact) mass is 334 g/mol. The smallest absolute Gasteiger partial charge is 0.438 e. The van der Waals surface area contributed by atoms with Crippen LogP contribution < -0.4 is 0 Å². The molecule has 0 unspecified atom stereocenters. The summed E-state index contributed by atoms with van der Waals surface area (Å²) in [6.45, 7) is 4.90. The maximum atomic E-state index is 11.0. The van der Waals surface area contributed by atoms with Gasteiger partial charge in [-0.25, -0.2) is 4.79 Å². The lowest BCUT2D eigenvalue weighted by Gasteiger charge is -2.12. The standard InChI is InChI=1S/C21H34O3/c1-4-6-8-11-18-14-15-19(13-10-16-24-21(22)23-3)20(17-18)12-9-7-5-2/h14-15,17H,4-13,16H2,1-3H3. The fourth-order valence-electron chi connectivity index (χ4n) is 2.93. The largest absolute Gasteiger partial charge is 0.507 e. The number of hydrogen-bond donors (Lipinski definition) is 0. The summed E-state index contributed by atoms with van der Waals surface area (Å²) in [5, 5.41) is 0. The van der Waals surface area contributed by atoms with Gasteiger partial charge in [0.15, 0.2) is 0 Å². The minimum Gasteiger partial charge on any atom is -0.438 e. The van der Waals surface area contributed by atoms with Crippen molar-refractivity contribution in [3.05, 3.63) is 34.9 Å². The second kappa shape index (κ2) is 12.9. The molecule has 0 heterocycles. The average molecular weight is 335 g/mol.